The van der Waals surface area contributed by atoms with Gasteiger partial charge in [0.1, 0.15) is 42.7 Å². The molecule has 0 saturated heterocycles. The standard InChI is InChI=1S/C26H40N6O6.Tc/c1-25(2,3)37-22(33)17-31-13-10-28-20(31)15-30(12-8-7-9-19(27)24(35)36)16-21-29-11-14-32(21)18-23(34)38-26(4,5)6;/h10,13-14,19H,7-9,12,15-18,27H2,1-6H3;/p+1/t19-;/m0./s1. The molecule has 0 saturated carbocycles. The van der Waals surface area contributed by atoms with Gasteiger partial charge in [-0.3, -0.25) is 19.3 Å². The van der Waals surface area contributed by atoms with Crippen LogP contribution in [0.3, 0.4) is 0 Å². The number of hydrogen-bond acceptors (Lipinski definition) is 10. The van der Waals surface area contributed by atoms with E-state index in [1.165, 1.54) is 0 Å². The fourth-order valence-electron chi connectivity index (χ4n) is 3.67. The predicted octanol–water partition coefficient (Wildman–Crippen LogP) is 1.94. The van der Waals surface area contributed by atoms with Gasteiger partial charge in [0, 0.05) is 44.0 Å². The monoisotopic (exact) mass is 630 g/mol. The maximum Gasteiger partial charge on any atom is 0.328 e. The maximum absolute atomic E-state index is 12.4. The molecule has 1 aliphatic heterocycles. The number of carboxylic acid groups (broad SMARTS) is 1. The molecule has 0 fully saturated rings. The average Bonchev–Trinajstić information content (AvgIpc) is 3.37. The van der Waals surface area contributed by atoms with Crippen LogP contribution >= 0.6 is 0 Å². The quantitative estimate of drug-likeness (QED) is 0.177. The Balaban J connectivity index is 0.00000760. The number of aliphatic carboxylic acids is 1. The first-order chi connectivity index (χ1) is 17.6. The number of imidazole rings is 1. The molecular weight excluding hydrogens is 590 g/mol. The molecule has 1 aromatic heterocycles. The topological polar surface area (TPSA) is 153 Å². The molecule has 2 rings (SSSR count). The molecule has 1 aromatic rings. The van der Waals surface area contributed by atoms with E-state index in [1.54, 1.807) is 28.1 Å². The summed E-state index contributed by atoms with van der Waals surface area (Å²) < 4.78 is 12.6. The zero-order chi connectivity index (χ0) is 28.5. The van der Waals surface area contributed by atoms with Crippen LogP contribution < -0.4 is 5.73 Å². The van der Waals surface area contributed by atoms with Crippen molar-refractivity contribution in [3.05, 3.63) is 30.6 Å². The van der Waals surface area contributed by atoms with E-state index >= 15 is 0 Å². The Bertz CT molecular complexity index is 1030. The van der Waals surface area contributed by atoms with E-state index in [4.69, 9.17) is 20.3 Å². The van der Waals surface area contributed by atoms with Crippen molar-refractivity contribution in [3.8, 4) is 0 Å². The molecule has 0 aliphatic carbocycles. The van der Waals surface area contributed by atoms with Gasteiger partial charge in [0.2, 0.25) is 6.20 Å². The summed E-state index contributed by atoms with van der Waals surface area (Å²) in [4.78, 5) is 48.3. The number of amidine groups is 1. The Morgan fingerprint density at radius 3 is 2.26 bits per heavy atom. The summed E-state index contributed by atoms with van der Waals surface area (Å²) in [5.41, 5.74) is 4.44. The van der Waals surface area contributed by atoms with E-state index in [-0.39, 0.29) is 45.1 Å². The van der Waals surface area contributed by atoms with Crippen LogP contribution in [0.15, 0.2) is 23.6 Å². The summed E-state index contributed by atoms with van der Waals surface area (Å²) in [5.74, 6) is -0.498. The van der Waals surface area contributed by atoms with Gasteiger partial charge in [-0.2, -0.15) is 0 Å². The summed E-state index contributed by atoms with van der Waals surface area (Å²) in [6, 6.07) is -0.904. The van der Waals surface area contributed by atoms with Crippen molar-refractivity contribution in [1.82, 2.24) is 19.4 Å². The second-order valence-corrected chi connectivity index (χ2v) is 11.2. The fraction of sp³-hybridized carbons (Fsp3) is 0.654. The number of nitrogens with zero attached hydrogens (tertiary/aromatic N) is 5. The number of rotatable bonds is 14. The van der Waals surface area contributed by atoms with Gasteiger partial charge in [0.05, 0.1) is 6.54 Å². The van der Waals surface area contributed by atoms with E-state index in [0.29, 0.717) is 50.6 Å². The molecule has 13 heteroatoms. The number of carbonyl (C=O) groups excluding carboxylic acids is 2. The Morgan fingerprint density at radius 2 is 1.67 bits per heavy atom. The second kappa shape index (κ2) is 15.2. The third kappa shape index (κ3) is 13.3. The molecular formula is C26H41N6O6Tc+. The molecule has 0 aromatic carbocycles. The maximum atomic E-state index is 12.4. The Labute approximate surface area is 244 Å². The van der Waals surface area contributed by atoms with Crippen molar-refractivity contribution in [2.45, 2.75) is 91.1 Å². The number of aliphatic imine (C=N–C) groups is 1. The molecule has 217 valence electrons. The average molecular weight is 632 g/mol. The summed E-state index contributed by atoms with van der Waals surface area (Å²) >= 11 is 0. The minimum absolute atomic E-state index is 0. The molecule has 0 amide bonds. The smallest absolute Gasteiger partial charge is 0.328 e. The van der Waals surface area contributed by atoms with Gasteiger partial charge in [-0.05, 0) is 54.4 Å². The molecule has 12 nitrogen and oxygen atoms in total. The number of aromatic nitrogens is 2. The van der Waals surface area contributed by atoms with Gasteiger partial charge in [-0.15, -0.1) is 0 Å². The van der Waals surface area contributed by atoms with Gasteiger partial charge in [-0.25, -0.2) is 9.88 Å². The van der Waals surface area contributed by atoms with Gasteiger partial charge in [-0.1, -0.05) is 6.42 Å². The SMILES string of the molecule is CC(C)(C)OC(=O)CN1C=[C+]N=C1CN(CCCC[C@H](N)C(=O)O)Cc1nccn1CC(=O)OC(C)(C)C.[Tc]. The van der Waals surface area contributed by atoms with Crippen molar-refractivity contribution in [1.29, 1.82) is 0 Å². The Kier molecular flexibility index (Phi) is 13.4. The summed E-state index contributed by atoms with van der Waals surface area (Å²) in [7, 11) is 0. The third-order valence-electron chi connectivity index (χ3n) is 5.27. The first-order valence-electron chi connectivity index (χ1n) is 12.7. The number of nitrogens with two attached hydrogens (primary N) is 1. The van der Waals surface area contributed by atoms with Crippen molar-refractivity contribution in [3.63, 3.8) is 0 Å². The van der Waals surface area contributed by atoms with Crippen LogP contribution in [0.5, 0.6) is 0 Å². The number of carboxylic acids is 1. The van der Waals surface area contributed by atoms with Gasteiger partial charge < -0.3 is 24.9 Å². The first kappa shape index (κ1) is 34.3. The normalized spacial score (nSPS) is 13.9. The van der Waals surface area contributed by atoms with Crippen LogP contribution in [0.1, 0.15) is 66.6 Å². The number of hydrogen-bond donors (Lipinski definition) is 2. The van der Waals surface area contributed by atoms with Crippen LogP contribution in [0.4, 0.5) is 0 Å². The van der Waals surface area contributed by atoms with Crippen molar-refractivity contribution >= 4 is 23.7 Å². The molecule has 0 spiro atoms. The van der Waals surface area contributed by atoms with Gasteiger partial charge >= 0.3 is 17.9 Å². The van der Waals surface area contributed by atoms with Crippen molar-refractivity contribution in [2.75, 3.05) is 19.6 Å². The zero-order valence-electron chi connectivity index (χ0n) is 23.6. The number of carbonyl (C=O) groups is 3. The van der Waals surface area contributed by atoms with Crippen molar-refractivity contribution in [2.24, 2.45) is 10.7 Å². The minimum atomic E-state index is -1.02. The molecule has 1 radical (unpaired) electrons. The van der Waals surface area contributed by atoms with Crippen LogP contribution in [0.2, 0.25) is 0 Å². The zero-order valence-corrected chi connectivity index (χ0v) is 25.5. The molecule has 0 unspecified atom stereocenters. The van der Waals surface area contributed by atoms with E-state index in [0.717, 1.165) is 0 Å². The summed E-state index contributed by atoms with van der Waals surface area (Å²) in [6.07, 6.45) is 9.42. The number of ether oxygens (including phenoxy) is 2. The van der Waals surface area contributed by atoms with E-state index in [9.17, 15) is 14.4 Å². The fourth-order valence-corrected chi connectivity index (χ4v) is 3.67. The molecule has 0 bridgehead atoms. The Morgan fingerprint density at radius 1 is 1.05 bits per heavy atom. The van der Waals surface area contributed by atoms with Crippen LogP contribution in [-0.4, -0.2) is 85.1 Å². The minimum Gasteiger partial charge on any atom is -0.480 e. The largest absolute Gasteiger partial charge is 0.480 e. The molecule has 1 atom stereocenters. The van der Waals surface area contributed by atoms with E-state index < -0.39 is 23.2 Å². The summed E-state index contributed by atoms with van der Waals surface area (Å²) in [5, 5.41) is 9.04. The van der Waals surface area contributed by atoms with Crippen LogP contribution in [0.25, 0.3) is 0 Å². The number of esters is 2. The van der Waals surface area contributed by atoms with E-state index in [2.05, 4.69) is 21.1 Å². The number of unbranched alkanes of at least 4 members (excludes halogenated alkanes) is 1. The molecule has 1 aliphatic rings. The van der Waals surface area contributed by atoms with Gasteiger partial charge in [0.25, 0.3) is 5.84 Å². The second-order valence-electron chi connectivity index (χ2n) is 11.2. The van der Waals surface area contributed by atoms with Gasteiger partial charge in [0.15, 0.2) is 6.20 Å². The first-order valence-corrected chi connectivity index (χ1v) is 12.7. The molecule has 3 N–H and O–H groups in total. The predicted molar refractivity (Wildman–Crippen MR) is 141 cm³/mol. The van der Waals surface area contributed by atoms with Crippen molar-refractivity contribution < 1.29 is 49.1 Å². The Hall–Kier alpha value is -2.69. The third-order valence-corrected chi connectivity index (χ3v) is 5.27. The molecule has 39 heavy (non-hydrogen) atoms. The summed E-state index contributed by atoms with van der Waals surface area (Å²) in [6.45, 7) is 12.2. The van der Waals surface area contributed by atoms with E-state index in [1.807, 2.05) is 41.5 Å². The molecule has 2 heterocycles. The van der Waals surface area contributed by atoms with Crippen LogP contribution in [-0.2, 0) is 57.1 Å². The van der Waals surface area contributed by atoms with Crippen LogP contribution in [0, 0.1) is 6.20 Å².